The second-order valence-electron chi connectivity index (χ2n) is 6.04. The van der Waals surface area contributed by atoms with Crippen LogP contribution < -0.4 is 5.73 Å². The lowest BCUT2D eigenvalue weighted by molar-refractivity contribution is -0.133. The Bertz CT molecular complexity index is 301. The molecule has 2 aliphatic rings. The molecule has 0 aromatic heterocycles. The summed E-state index contributed by atoms with van der Waals surface area (Å²) < 4.78 is 0.207. The van der Waals surface area contributed by atoms with Gasteiger partial charge in [-0.3, -0.25) is 9.69 Å². The monoisotopic (exact) mass is 271 g/mol. The van der Waals surface area contributed by atoms with Crippen LogP contribution >= 0.6 is 11.8 Å². The number of carbonyl (C=O) groups excluding carboxylic acids is 1. The lowest BCUT2D eigenvalue weighted by Gasteiger charge is -2.39. The number of thioether (sulfide) groups is 1. The number of amides is 1. The van der Waals surface area contributed by atoms with Crippen molar-refractivity contribution in [3.8, 4) is 0 Å². The Labute approximate surface area is 114 Å². The van der Waals surface area contributed by atoms with Gasteiger partial charge in [0.2, 0.25) is 5.91 Å². The first-order valence-corrected chi connectivity index (χ1v) is 7.84. The summed E-state index contributed by atoms with van der Waals surface area (Å²) in [5.41, 5.74) is 5.88. The fourth-order valence-electron chi connectivity index (χ4n) is 2.63. The van der Waals surface area contributed by atoms with Crippen LogP contribution in [0.2, 0.25) is 0 Å². The number of hydrogen-bond donors (Lipinski definition) is 1. The van der Waals surface area contributed by atoms with E-state index in [1.807, 2.05) is 16.7 Å². The van der Waals surface area contributed by atoms with E-state index in [9.17, 15) is 4.79 Å². The molecule has 2 N–H and O–H groups in total. The van der Waals surface area contributed by atoms with Gasteiger partial charge < -0.3 is 10.6 Å². The summed E-state index contributed by atoms with van der Waals surface area (Å²) in [6, 6.07) is 0.335. The normalized spacial score (nSPS) is 26.3. The van der Waals surface area contributed by atoms with Crippen LogP contribution in [-0.2, 0) is 4.79 Å². The molecule has 0 spiro atoms. The van der Waals surface area contributed by atoms with Gasteiger partial charge in [-0.15, -0.1) is 0 Å². The van der Waals surface area contributed by atoms with Gasteiger partial charge in [0, 0.05) is 42.7 Å². The van der Waals surface area contributed by atoms with Crippen LogP contribution in [0, 0.1) is 0 Å². The topological polar surface area (TPSA) is 49.6 Å². The minimum Gasteiger partial charge on any atom is -0.339 e. The van der Waals surface area contributed by atoms with Gasteiger partial charge in [0.1, 0.15) is 0 Å². The van der Waals surface area contributed by atoms with E-state index < -0.39 is 0 Å². The van der Waals surface area contributed by atoms with Crippen LogP contribution in [-0.4, -0.2) is 65.0 Å². The first-order valence-electron chi connectivity index (χ1n) is 6.86. The minimum atomic E-state index is 0.207. The van der Waals surface area contributed by atoms with E-state index >= 15 is 0 Å². The molecule has 5 heteroatoms. The van der Waals surface area contributed by atoms with Crippen molar-refractivity contribution in [2.24, 2.45) is 5.73 Å². The van der Waals surface area contributed by atoms with Gasteiger partial charge >= 0.3 is 0 Å². The van der Waals surface area contributed by atoms with Crippen molar-refractivity contribution < 1.29 is 4.79 Å². The van der Waals surface area contributed by atoms with Gasteiger partial charge in [0.15, 0.2) is 0 Å². The first-order chi connectivity index (χ1) is 8.46. The molecule has 0 radical (unpaired) electrons. The number of likely N-dealkylation sites (tertiary alicyclic amines) is 1. The molecule has 0 bridgehead atoms. The highest BCUT2D eigenvalue weighted by atomic mass is 32.2. The first kappa shape index (κ1) is 14.2. The van der Waals surface area contributed by atoms with E-state index in [0.717, 1.165) is 44.8 Å². The van der Waals surface area contributed by atoms with Crippen LogP contribution in [0.25, 0.3) is 0 Å². The SMILES string of the molecule is CC1(C)CN(C(=O)CN2CCC(N)CC2)CCS1. The van der Waals surface area contributed by atoms with Gasteiger partial charge in [0.25, 0.3) is 0 Å². The third-order valence-electron chi connectivity index (χ3n) is 3.77. The Balaban J connectivity index is 1.80. The summed E-state index contributed by atoms with van der Waals surface area (Å²) >= 11 is 1.96. The predicted octanol–water partition coefficient (Wildman–Crippen LogP) is 0.764. The zero-order valence-corrected chi connectivity index (χ0v) is 12.3. The number of piperidine rings is 1. The molecular weight excluding hydrogens is 246 g/mol. The smallest absolute Gasteiger partial charge is 0.236 e. The zero-order chi connectivity index (χ0) is 13.2. The highest BCUT2D eigenvalue weighted by Gasteiger charge is 2.30. The molecule has 4 nitrogen and oxygen atoms in total. The fraction of sp³-hybridized carbons (Fsp3) is 0.923. The lowest BCUT2D eigenvalue weighted by atomic mass is 10.1. The van der Waals surface area contributed by atoms with E-state index in [4.69, 9.17) is 5.73 Å². The predicted molar refractivity (Wildman–Crippen MR) is 76.8 cm³/mol. The molecule has 0 atom stereocenters. The van der Waals surface area contributed by atoms with Crippen molar-refractivity contribution in [1.82, 2.24) is 9.80 Å². The summed E-state index contributed by atoms with van der Waals surface area (Å²) in [5.74, 6) is 1.35. The van der Waals surface area contributed by atoms with Gasteiger partial charge in [-0.1, -0.05) is 0 Å². The molecule has 2 aliphatic heterocycles. The van der Waals surface area contributed by atoms with Crippen LogP contribution in [0.15, 0.2) is 0 Å². The number of nitrogens with zero attached hydrogens (tertiary/aromatic N) is 2. The maximum atomic E-state index is 12.3. The Morgan fingerprint density at radius 3 is 2.61 bits per heavy atom. The molecule has 2 saturated heterocycles. The van der Waals surface area contributed by atoms with Crippen molar-refractivity contribution in [2.45, 2.75) is 37.5 Å². The molecule has 0 aromatic carbocycles. The molecule has 0 aliphatic carbocycles. The summed E-state index contributed by atoms with van der Waals surface area (Å²) in [6.45, 7) is 8.74. The zero-order valence-electron chi connectivity index (χ0n) is 11.5. The molecule has 0 unspecified atom stereocenters. The highest BCUT2D eigenvalue weighted by Crippen LogP contribution is 2.29. The minimum absolute atomic E-state index is 0.207. The molecule has 0 aromatic rings. The Morgan fingerprint density at radius 2 is 2.00 bits per heavy atom. The van der Waals surface area contributed by atoms with Crippen LogP contribution in [0.4, 0.5) is 0 Å². The van der Waals surface area contributed by atoms with Crippen LogP contribution in [0.5, 0.6) is 0 Å². The molecule has 2 fully saturated rings. The van der Waals surface area contributed by atoms with Crippen LogP contribution in [0.3, 0.4) is 0 Å². The Hall–Kier alpha value is -0.260. The van der Waals surface area contributed by atoms with Crippen molar-refractivity contribution >= 4 is 17.7 Å². The molecule has 1 amide bonds. The van der Waals surface area contributed by atoms with Crippen molar-refractivity contribution in [1.29, 1.82) is 0 Å². The van der Waals surface area contributed by atoms with Gasteiger partial charge in [-0.05, 0) is 26.7 Å². The largest absolute Gasteiger partial charge is 0.339 e. The highest BCUT2D eigenvalue weighted by molar-refractivity contribution is 8.00. The van der Waals surface area contributed by atoms with E-state index in [1.54, 1.807) is 0 Å². The summed E-state index contributed by atoms with van der Waals surface area (Å²) in [4.78, 5) is 16.6. The van der Waals surface area contributed by atoms with E-state index in [0.29, 0.717) is 18.5 Å². The molecule has 2 rings (SSSR count). The molecule has 0 saturated carbocycles. The van der Waals surface area contributed by atoms with Crippen molar-refractivity contribution in [3.63, 3.8) is 0 Å². The van der Waals surface area contributed by atoms with E-state index in [1.165, 1.54) is 0 Å². The Morgan fingerprint density at radius 1 is 1.33 bits per heavy atom. The molecule has 2 heterocycles. The van der Waals surface area contributed by atoms with Crippen molar-refractivity contribution in [3.05, 3.63) is 0 Å². The quantitative estimate of drug-likeness (QED) is 0.806. The number of nitrogens with two attached hydrogens (primary N) is 1. The van der Waals surface area contributed by atoms with Crippen molar-refractivity contribution in [2.75, 3.05) is 38.5 Å². The lowest BCUT2D eigenvalue weighted by Crippen LogP contribution is -2.51. The molecular formula is C13H25N3OS. The second kappa shape index (κ2) is 5.80. The number of carbonyl (C=O) groups is 1. The third kappa shape index (κ3) is 3.87. The van der Waals surface area contributed by atoms with E-state index in [2.05, 4.69) is 18.7 Å². The average molecular weight is 271 g/mol. The fourth-order valence-corrected chi connectivity index (χ4v) is 3.74. The molecule has 18 heavy (non-hydrogen) atoms. The Kier molecular flexibility index (Phi) is 4.56. The van der Waals surface area contributed by atoms with Gasteiger partial charge in [0.05, 0.1) is 6.54 Å². The van der Waals surface area contributed by atoms with Gasteiger partial charge in [-0.2, -0.15) is 11.8 Å². The number of hydrogen-bond acceptors (Lipinski definition) is 4. The maximum Gasteiger partial charge on any atom is 0.236 e. The number of rotatable bonds is 2. The summed E-state index contributed by atoms with van der Waals surface area (Å²) in [7, 11) is 0. The van der Waals surface area contributed by atoms with E-state index in [-0.39, 0.29) is 4.75 Å². The standard InChI is InChI=1S/C13H25N3OS/c1-13(2)10-16(7-8-18-13)12(17)9-15-5-3-11(14)4-6-15/h11H,3-10,14H2,1-2H3. The average Bonchev–Trinajstić information content (AvgIpc) is 2.31. The van der Waals surface area contributed by atoms with Crippen LogP contribution in [0.1, 0.15) is 26.7 Å². The second-order valence-corrected chi connectivity index (χ2v) is 7.84. The third-order valence-corrected chi connectivity index (χ3v) is 5.07. The summed E-state index contributed by atoms with van der Waals surface area (Å²) in [6.07, 6.45) is 2.04. The summed E-state index contributed by atoms with van der Waals surface area (Å²) in [5, 5.41) is 0. The maximum absolute atomic E-state index is 12.3. The molecule has 104 valence electrons. The van der Waals surface area contributed by atoms with Gasteiger partial charge in [-0.25, -0.2) is 0 Å².